The molecule has 19 heavy (non-hydrogen) atoms. The Balaban J connectivity index is 2.11. The minimum Gasteiger partial charge on any atom is -0.481 e. The van der Waals surface area contributed by atoms with Crippen LogP contribution in [0.15, 0.2) is 30.3 Å². The molecule has 0 aliphatic heterocycles. The minimum absolute atomic E-state index is 0.111. The fourth-order valence-corrected chi connectivity index (χ4v) is 1.80. The summed E-state index contributed by atoms with van der Waals surface area (Å²) in [6.45, 7) is 0. The Morgan fingerprint density at radius 3 is 2.79 bits per heavy atom. The molecule has 3 N–H and O–H groups in total. The second kappa shape index (κ2) is 4.24. The van der Waals surface area contributed by atoms with Crippen LogP contribution in [0.1, 0.15) is 0 Å². The van der Waals surface area contributed by atoms with Crippen molar-refractivity contribution in [3.8, 4) is 17.3 Å². The summed E-state index contributed by atoms with van der Waals surface area (Å²) in [6, 6.07) is 8.09. The van der Waals surface area contributed by atoms with Crippen molar-refractivity contribution in [3.05, 3.63) is 36.1 Å². The summed E-state index contributed by atoms with van der Waals surface area (Å²) < 4.78 is 18.5. The molecule has 6 heteroatoms. The fourth-order valence-electron chi connectivity index (χ4n) is 1.80. The number of nitrogens with zero attached hydrogens (tertiary/aromatic N) is 2. The van der Waals surface area contributed by atoms with Crippen LogP contribution in [0.25, 0.3) is 22.6 Å². The molecule has 0 saturated heterocycles. The molecule has 0 atom stereocenters. The normalized spacial score (nSPS) is 10.8. The third-order valence-electron chi connectivity index (χ3n) is 2.80. The number of halogens is 1. The Morgan fingerprint density at radius 1 is 1.21 bits per heavy atom. The molecule has 5 nitrogen and oxygen atoms in total. The molecule has 2 aromatic heterocycles. The van der Waals surface area contributed by atoms with Crippen LogP contribution in [0.3, 0.4) is 0 Å². The summed E-state index contributed by atoms with van der Waals surface area (Å²) in [6.07, 6.45) is 0. The number of imidazole rings is 1. The van der Waals surface area contributed by atoms with E-state index in [1.54, 1.807) is 12.1 Å². The first-order chi connectivity index (χ1) is 9.17. The van der Waals surface area contributed by atoms with Gasteiger partial charge >= 0.3 is 0 Å². The number of fused-ring (bicyclic) bond motifs is 1. The van der Waals surface area contributed by atoms with E-state index in [4.69, 9.17) is 10.5 Å². The van der Waals surface area contributed by atoms with Crippen molar-refractivity contribution < 1.29 is 9.13 Å². The number of hydrogen-bond donors (Lipinski definition) is 2. The molecule has 0 saturated carbocycles. The van der Waals surface area contributed by atoms with E-state index in [-0.39, 0.29) is 5.69 Å². The van der Waals surface area contributed by atoms with Gasteiger partial charge in [0.15, 0.2) is 5.65 Å². The highest BCUT2D eigenvalue weighted by Crippen LogP contribution is 2.23. The number of anilines is 1. The quantitative estimate of drug-likeness (QED) is 0.692. The number of methoxy groups -OCH3 is 1. The molecule has 0 bridgehead atoms. The van der Waals surface area contributed by atoms with Gasteiger partial charge in [0.2, 0.25) is 5.88 Å². The topological polar surface area (TPSA) is 76.8 Å². The van der Waals surface area contributed by atoms with Gasteiger partial charge in [-0.15, -0.1) is 0 Å². The summed E-state index contributed by atoms with van der Waals surface area (Å²) in [7, 11) is 1.54. The number of ether oxygens (including phenoxy) is 1. The second-order valence-electron chi connectivity index (χ2n) is 4.05. The van der Waals surface area contributed by atoms with E-state index >= 15 is 0 Å². The summed E-state index contributed by atoms with van der Waals surface area (Å²) in [5.41, 5.74) is 7.45. The number of benzene rings is 1. The lowest BCUT2D eigenvalue weighted by molar-refractivity contribution is 0.399. The molecule has 2 heterocycles. The number of nitrogens with one attached hydrogen (secondary N) is 1. The first kappa shape index (κ1) is 11.5. The summed E-state index contributed by atoms with van der Waals surface area (Å²) in [4.78, 5) is 11.6. The lowest BCUT2D eigenvalue weighted by atomic mass is 10.2. The van der Waals surface area contributed by atoms with Crippen LogP contribution in [-0.2, 0) is 0 Å². The van der Waals surface area contributed by atoms with Crippen molar-refractivity contribution >= 4 is 16.9 Å². The number of H-pyrrole nitrogens is 1. The standard InChI is InChI=1S/C13H11FN4O/c1-19-11-5-4-10-13(17-11)18-12(16-10)7-2-3-9(15)8(14)6-7/h2-6H,15H2,1H3,(H,16,17,18). The summed E-state index contributed by atoms with van der Waals surface area (Å²) >= 11 is 0. The van der Waals surface area contributed by atoms with E-state index in [0.717, 1.165) is 5.52 Å². The van der Waals surface area contributed by atoms with Crippen molar-refractivity contribution in [2.75, 3.05) is 12.8 Å². The Kier molecular flexibility index (Phi) is 2.56. The zero-order chi connectivity index (χ0) is 13.4. The Hall–Kier alpha value is -2.63. The number of nitrogens with two attached hydrogens (primary N) is 1. The minimum atomic E-state index is -0.469. The first-order valence-corrected chi connectivity index (χ1v) is 5.63. The molecule has 0 aliphatic rings. The lowest BCUT2D eigenvalue weighted by Gasteiger charge is -1.99. The van der Waals surface area contributed by atoms with Crippen molar-refractivity contribution in [3.63, 3.8) is 0 Å². The number of pyridine rings is 1. The maximum atomic E-state index is 13.4. The highest BCUT2D eigenvalue weighted by Gasteiger charge is 2.09. The monoisotopic (exact) mass is 258 g/mol. The first-order valence-electron chi connectivity index (χ1n) is 5.63. The van der Waals surface area contributed by atoms with Gasteiger partial charge in [0.1, 0.15) is 11.6 Å². The van der Waals surface area contributed by atoms with Gasteiger partial charge in [0, 0.05) is 11.6 Å². The molecule has 0 fully saturated rings. The third kappa shape index (κ3) is 1.97. The SMILES string of the molecule is COc1ccc2[nH]c(-c3ccc(N)c(F)c3)nc2n1. The van der Waals surface area contributed by atoms with Crippen molar-refractivity contribution in [2.24, 2.45) is 0 Å². The van der Waals surface area contributed by atoms with Crippen LogP contribution in [0.4, 0.5) is 10.1 Å². The molecule has 3 aromatic rings. The van der Waals surface area contributed by atoms with Crippen LogP contribution >= 0.6 is 0 Å². The third-order valence-corrected chi connectivity index (χ3v) is 2.80. The second-order valence-corrected chi connectivity index (χ2v) is 4.05. The van der Waals surface area contributed by atoms with Gasteiger partial charge in [-0.2, -0.15) is 4.98 Å². The van der Waals surface area contributed by atoms with Crippen LogP contribution in [0.2, 0.25) is 0 Å². The van der Waals surface area contributed by atoms with E-state index in [1.807, 2.05) is 6.07 Å². The van der Waals surface area contributed by atoms with Gasteiger partial charge in [0.25, 0.3) is 0 Å². The average Bonchev–Trinajstić information content (AvgIpc) is 2.84. The molecular weight excluding hydrogens is 247 g/mol. The molecule has 0 aliphatic carbocycles. The molecule has 1 aromatic carbocycles. The zero-order valence-electron chi connectivity index (χ0n) is 10.1. The van der Waals surface area contributed by atoms with Crippen molar-refractivity contribution in [2.45, 2.75) is 0 Å². The van der Waals surface area contributed by atoms with Gasteiger partial charge < -0.3 is 15.5 Å². The molecular formula is C13H11FN4O. The molecule has 96 valence electrons. The molecule has 0 unspecified atom stereocenters. The molecule has 3 rings (SSSR count). The highest BCUT2D eigenvalue weighted by molar-refractivity contribution is 5.76. The van der Waals surface area contributed by atoms with E-state index < -0.39 is 5.82 Å². The van der Waals surface area contributed by atoms with Crippen molar-refractivity contribution in [1.29, 1.82) is 0 Å². The number of hydrogen-bond acceptors (Lipinski definition) is 4. The Labute approximate surface area is 108 Å². The van der Waals surface area contributed by atoms with Gasteiger partial charge in [-0.05, 0) is 24.3 Å². The maximum Gasteiger partial charge on any atom is 0.215 e. The molecule has 0 amide bonds. The predicted octanol–water partition coefficient (Wildman–Crippen LogP) is 2.35. The van der Waals surface area contributed by atoms with E-state index in [0.29, 0.717) is 22.9 Å². The van der Waals surface area contributed by atoms with Gasteiger partial charge in [-0.1, -0.05) is 0 Å². The van der Waals surface area contributed by atoms with E-state index in [9.17, 15) is 4.39 Å². The Morgan fingerprint density at radius 2 is 2.05 bits per heavy atom. The zero-order valence-corrected chi connectivity index (χ0v) is 10.1. The average molecular weight is 258 g/mol. The number of nitrogen functional groups attached to an aromatic ring is 1. The van der Waals surface area contributed by atoms with E-state index in [1.165, 1.54) is 19.2 Å². The molecule has 0 spiro atoms. The number of rotatable bonds is 2. The van der Waals surface area contributed by atoms with Gasteiger partial charge in [0.05, 0.1) is 18.3 Å². The van der Waals surface area contributed by atoms with Gasteiger partial charge in [-0.25, -0.2) is 9.37 Å². The highest BCUT2D eigenvalue weighted by atomic mass is 19.1. The fraction of sp³-hybridized carbons (Fsp3) is 0.0769. The largest absolute Gasteiger partial charge is 0.481 e. The molecule has 0 radical (unpaired) electrons. The van der Waals surface area contributed by atoms with Crippen LogP contribution in [-0.4, -0.2) is 22.1 Å². The van der Waals surface area contributed by atoms with Crippen LogP contribution in [0, 0.1) is 5.82 Å². The lowest BCUT2D eigenvalue weighted by Crippen LogP contribution is -1.91. The Bertz CT molecular complexity index is 753. The summed E-state index contributed by atoms with van der Waals surface area (Å²) in [5, 5.41) is 0. The number of aromatic amines is 1. The number of aromatic nitrogens is 3. The van der Waals surface area contributed by atoms with E-state index in [2.05, 4.69) is 15.0 Å². The predicted molar refractivity (Wildman–Crippen MR) is 70.2 cm³/mol. The van der Waals surface area contributed by atoms with Crippen molar-refractivity contribution in [1.82, 2.24) is 15.0 Å². The van der Waals surface area contributed by atoms with Crippen LogP contribution in [0.5, 0.6) is 5.88 Å². The smallest absolute Gasteiger partial charge is 0.215 e. The summed E-state index contributed by atoms with van der Waals surface area (Å²) in [5.74, 6) is 0.548. The maximum absolute atomic E-state index is 13.4. The van der Waals surface area contributed by atoms with Crippen LogP contribution < -0.4 is 10.5 Å². The van der Waals surface area contributed by atoms with Gasteiger partial charge in [-0.3, -0.25) is 0 Å².